The molecule has 1 N–H and O–H groups in total. The van der Waals surface area contributed by atoms with Crippen LogP contribution >= 0.6 is 0 Å². The Hall–Kier alpha value is -0.763. The monoisotopic (exact) mass is 165 g/mol. The highest BCUT2D eigenvalue weighted by molar-refractivity contribution is 6.13. The third-order valence-electron chi connectivity index (χ3n) is 1.80. The lowest BCUT2D eigenvalue weighted by molar-refractivity contribution is 0.907. The molecule has 1 aromatic rings. The molecular weight excluding hydrogens is 150 g/mol. The van der Waals surface area contributed by atoms with E-state index in [4.69, 9.17) is 0 Å². The van der Waals surface area contributed by atoms with Crippen LogP contribution in [0.3, 0.4) is 0 Å². The van der Waals surface area contributed by atoms with Crippen molar-refractivity contribution < 1.29 is 0 Å². The summed E-state index contributed by atoms with van der Waals surface area (Å²) < 4.78 is 0. The number of benzene rings is 1. The minimum absolute atomic E-state index is 0.706. The second-order valence-corrected chi connectivity index (χ2v) is 4.21. The molecule has 1 nitrogen and oxygen atoms in total. The molecule has 1 atom stereocenters. The predicted molar refractivity (Wildman–Crippen MR) is 54.1 cm³/mol. The van der Waals surface area contributed by atoms with Gasteiger partial charge >= 0.3 is 0 Å². The van der Waals surface area contributed by atoms with Gasteiger partial charge in [-0.1, -0.05) is 25.1 Å². The van der Waals surface area contributed by atoms with E-state index in [9.17, 15) is 0 Å². The highest BCUT2D eigenvalue weighted by Gasteiger charge is 1.95. The van der Waals surface area contributed by atoms with Crippen molar-refractivity contribution in [3.8, 4) is 0 Å². The second-order valence-electron chi connectivity index (χ2n) is 2.82. The summed E-state index contributed by atoms with van der Waals surface area (Å²) in [6.45, 7) is 2.22. The maximum Gasteiger partial charge on any atom is 0.0339 e. The minimum atomic E-state index is 0.706. The van der Waals surface area contributed by atoms with Crippen LogP contribution in [-0.2, 0) is 0 Å². The van der Waals surface area contributed by atoms with Crippen LogP contribution in [0.2, 0.25) is 0 Å². The van der Waals surface area contributed by atoms with Gasteiger partial charge in [0.05, 0.1) is 0 Å². The molecule has 0 bridgehead atoms. The van der Waals surface area contributed by atoms with Gasteiger partial charge in [-0.05, 0) is 18.6 Å². The van der Waals surface area contributed by atoms with E-state index in [1.807, 2.05) is 6.07 Å². The lowest BCUT2D eigenvalue weighted by atomic mass is 10.3. The Labute approximate surface area is 71.2 Å². The van der Waals surface area contributed by atoms with Crippen molar-refractivity contribution >= 4 is 15.9 Å². The first kappa shape index (κ1) is 8.33. The molecule has 0 aliphatic heterocycles. The molecule has 0 heterocycles. The largest absolute Gasteiger partial charge is 0.386 e. The lowest BCUT2D eigenvalue weighted by Gasteiger charge is -2.11. The summed E-state index contributed by atoms with van der Waals surface area (Å²) in [5.41, 5.74) is 1.95. The van der Waals surface area contributed by atoms with Crippen LogP contribution in [-0.4, -0.2) is 15.9 Å². The molecule has 1 unspecified atom stereocenters. The molecule has 2 heteroatoms. The van der Waals surface area contributed by atoms with Gasteiger partial charge in [0.15, 0.2) is 0 Å². The molecule has 60 valence electrons. The van der Waals surface area contributed by atoms with Crippen LogP contribution in [0.1, 0.15) is 13.3 Å². The Bertz CT molecular complexity index is 198. The van der Waals surface area contributed by atoms with E-state index in [0.717, 1.165) is 0 Å². The van der Waals surface area contributed by atoms with Gasteiger partial charge in [-0.3, -0.25) is 0 Å². The average Bonchev–Trinajstić information content (AvgIpc) is 2.06. The fraction of sp³-hybridized carbons (Fsp3) is 0.333. The molecule has 1 aromatic carbocycles. The maximum atomic E-state index is 3.45. The maximum absolute atomic E-state index is 3.45. The van der Waals surface area contributed by atoms with E-state index in [0.29, 0.717) is 5.67 Å². The number of para-hydroxylation sites is 1. The van der Waals surface area contributed by atoms with Crippen molar-refractivity contribution in [2.45, 2.75) is 19.0 Å². The molecule has 0 radical (unpaired) electrons. The Morgan fingerprint density at radius 3 is 2.55 bits per heavy atom. The summed E-state index contributed by atoms with van der Waals surface area (Å²) in [4.78, 5) is 0. The van der Waals surface area contributed by atoms with Crippen molar-refractivity contribution in [1.29, 1.82) is 0 Å². The topological polar surface area (TPSA) is 12.0 Å². The molecule has 0 amide bonds. The van der Waals surface area contributed by atoms with Crippen LogP contribution in [0, 0.1) is 0 Å². The van der Waals surface area contributed by atoms with E-state index in [2.05, 4.69) is 36.5 Å². The van der Waals surface area contributed by atoms with Crippen LogP contribution in [0.5, 0.6) is 0 Å². The summed E-state index contributed by atoms with van der Waals surface area (Å²) in [5, 5.41) is 3.45. The Balaban J connectivity index is 2.51. The number of hydrogen-bond donors (Lipinski definition) is 1. The van der Waals surface area contributed by atoms with Crippen LogP contribution in [0.15, 0.2) is 30.3 Å². The third-order valence-corrected chi connectivity index (χ3v) is 2.90. The van der Waals surface area contributed by atoms with Crippen molar-refractivity contribution in [2.75, 3.05) is 5.32 Å². The summed E-state index contributed by atoms with van der Waals surface area (Å²) in [6.07, 6.45) is 1.22. The zero-order valence-electron chi connectivity index (χ0n) is 7.17. The van der Waals surface area contributed by atoms with Gasteiger partial charge in [-0.2, -0.15) is 0 Å². The number of rotatable bonds is 3. The number of anilines is 1. The Morgan fingerprint density at radius 1 is 1.36 bits per heavy atom. The quantitative estimate of drug-likeness (QED) is 0.664. The van der Waals surface area contributed by atoms with Gasteiger partial charge in [-0.25, -0.2) is 0 Å². The van der Waals surface area contributed by atoms with E-state index >= 15 is 0 Å². The van der Waals surface area contributed by atoms with E-state index in [1.54, 1.807) is 0 Å². The number of hydrogen-bond acceptors (Lipinski definition) is 1. The molecule has 0 aromatic heterocycles. The van der Waals surface area contributed by atoms with Crippen molar-refractivity contribution in [1.82, 2.24) is 0 Å². The predicted octanol–water partition coefficient (Wildman–Crippen LogP) is 1.20. The van der Waals surface area contributed by atoms with E-state index < -0.39 is 0 Å². The molecule has 0 spiro atoms. The van der Waals surface area contributed by atoms with Gasteiger partial charge in [0.25, 0.3) is 0 Å². The SMILES string of the molecule is CCC([SiH3])Nc1ccccc1. The highest BCUT2D eigenvalue weighted by Crippen LogP contribution is 2.06. The van der Waals surface area contributed by atoms with Gasteiger partial charge < -0.3 is 5.32 Å². The van der Waals surface area contributed by atoms with Gasteiger partial charge in [-0.15, -0.1) is 0 Å². The first-order valence-electron chi connectivity index (χ1n) is 4.14. The molecule has 0 fully saturated rings. The molecule has 0 saturated heterocycles. The minimum Gasteiger partial charge on any atom is -0.386 e. The molecule has 0 aliphatic rings. The Kier molecular flexibility index (Phi) is 3.17. The summed E-state index contributed by atoms with van der Waals surface area (Å²) in [6, 6.07) is 10.4. The van der Waals surface area contributed by atoms with Crippen molar-refractivity contribution in [2.24, 2.45) is 0 Å². The smallest absolute Gasteiger partial charge is 0.0339 e. The fourth-order valence-electron chi connectivity index (χ4n) is 0.921. The van der Waals surface area contributed by atoms with Gasteiger partial charge in [0, 0.05) is 21.6 Å². The fourth-order valence-corrected chi connectivity index (χ4v) is 1.25. The Morgan fingerprint density at radius 2 is 2.00 bits per heavy atom. The highest BCUT2D eigenvalue weighted by atomic mass is 28.1. The third kappa shape index (κ3) is 2.76. The average molecular weight is 165 g/mol. The summed E-state index contributed by atoms with van der Waals surface area (Å²) in [5.74, 6) is 0. The first-order valence-corrected chi connectivity index (χ1v) is 5.30. The normalized spacial score (nSPS) is 12.8. The van der Waals surface area contributed by atoms with Gasteiger partial charge in [0.1, 0.15) is 0 Å². The van der Waals surface area contributed by atoms with Crippen LogP contribution < -0.4 is 5.32 Å². The molecule has 0 saturated carbocycles. The second kappa shape index (κ2) is 4.19. The lowest BCUT2D eigenvalue weighted by Crippen LogP contribution is -2.17. The van der Waals surface area contributed by atoms with Crippen molar-refractivity contribution in [3.63, 3.8) is 0 Å². The molecular formula is C9H15NSi. The zero-order valence-corrected chi connectivity index (χ0v) is 9.17. The van der Waals surface area contributed by atoms with Crippen molar-refractivity contribution in [3.05, 3.63) is 30.3 Å². The van der Waals surface area contributed by atoms with Gasteiger partial charge in [0.2, 0.25) is 0 Å². The van der Waals surface area contributed by atoms with Crippen LogP contribution in [0.4, 0.5) is 5.69 Å². The van der Waals surface area contributed by atoms with E-state index in [1.165, 1.54) is 22.4 Å². The summed E-state index contributed by atoms with van der Waals surface area (Å²) in [7, 11) is 1.21. The van der Waals surface area contributed by atoms with Crippen LogP contribution in [0.25, 0.3) is 0 Å². The first-order chi connectivity index (χ1) is 5.33. The molecule has 0 aliphatic carbocycles. The molecule has 1 rings (SSSR count). The van der Waals surface area contributed by atoms with E-state index in [-0.39, 0.29) is 0 Å². The zero-order chi connectivity index (χ0) is 8.10. The summed E-state index contributed by atoms with van der Waals surface area (Å²) >= 11 is 0. The standard InChI is InChI=1S/C9H15NSi/c1-2-9(11)10-8-6-4-3-5-7-8/h3-7,9-10H,2H2,1,11H3. The molecule has 11 heavy (non-hydrogen) atoms. The number of nitrogens with one attached hydrogen (secondary N) is 1.